The Labute approximate surface area is 113 Å². The van der Waals surface area contributed by atoms with E-state index < -0.39 is 0 Å². The van der Waals surface area contributed by atoms with E-state index in [0.29, 0.717) is 52.9 Å². The van der Waals surface area contributed by atoms with Crippen molar-refractivity contribution in [3.8, 4) is 0 Å². The lowest BCUT2D eigenvalue weighted by atomic mass is 10.3. The summed E-state index contributed by atoms with van der Waals surface area (Å²) < 4.78 is 26.2. The van der Waals surface area contributed by atoms with Crippen molar-refractivity contribution in [1.29, 1.82) is 0 Å². The van der Waals surface area contributed by atoms with Crippen LogP contribution in [-0.4, -0.2) is 88.5 Å². The van der Waals surface area contributed by atoms with Crippen LogP contribution in [0.4, 0.5) is 0 Å². The maximum atomic E-state index is 8.49. The fourth-order valence-corrected chi connectivity index (χ4v) is 1.44. The number of aliphatic hydroxyl groups is 2. The van der Waals surface area contributed by atoms with Crippen molar-refractivity contribution >= 4 is 0 Å². The molecule has 0 bridgehead atoms. The van der Waals surface area contributed by atoms with Crippen LogP contribution in [0.15, 0.2) is 0 Å². The standard InChI is InChI=1S/C12H24O7/c13-1-3-15-5-7-17-9-11-12(19-11)10-18-8-6-16-4-2-14/h11-14H,1-10H2. The third kappa shape index (κ3) is 9.28. The number of hydrogen-bond acceptors (Lipinski definition) is 7. The molecule has 19 heavy (non-hydrogen) atoms. The lowest BCUT2D eigenvalue weighted by Crippen LogP contribution is -2.14. The fourth-order valence-electron chi connectivity index (χ4n) is 1.44. The van der Waals surface area contributed by atoms with Crippen LogP contribution in [0, 0.1) is 0 Å². The third-order valence-corrected chi connectivity index (χ3v) is 2.47. The summed E-state index contributed by atoms with van der Waals surface area (Å²) in [6.07, 6.45) is 0.215. The molecule has 2 atom stereocenters. The predicted octanol–water partition coefficient (Wildman–Crippen LogP) is -1.20. The molecule has 1 fully saturated rings. The van der Waals surface area contributed by atoms with Gasteiger partial charge in [-0.3, -0.25) is 0 Å². The minimum Gasteiger partial charge on any atom is -0.394 e. The van der Waals surface area contributed by atoms with Gasteiger partial charge in [-0.1, -0.05) is 0 Å². The number of aliphatic hydroxyl groups excluding tert-OH is 2. The molecule has 1 heterocycles. The number of rotatable bonds is 14. The third-order valence-electron chi connectivity index (χ3n) is 2.47. The summed E-state index contributed by atoms with van der Waals surface area (Å²) in [6.45, 7) is 3.81. The first-order valence-electron chi connectivity index (χ1n) is 6.56. The monoisotopic (exact) mass is 280 g/mol. The lowest BCUT2D eigenvalue weighted by Gasteiger charge is -2.04. The summed E-state index contributed by atoms with van der Waals surface area (Å²) in [4.78, 5) is 0. The molecular weight excluding hydrogens is 256 g/mol. The highest BCUT2D eigenvalue weighted by atomic mass is 16.6. The molecule has 0 saturated carbocycles. The van der Waals surface area contributed by atoms with Crippen LogP contribution < -0.4 is 0 Å². The number of epoxide rings is 1. The van der Waals surface area contributed by atoms with E-state index in [1.54, 1.807) is 0 Å². The maximum absolute atomic E-state index is 8.49. The molecule has 1 aliphatic heterocycles. The van der Waals surface area contributed by atoms with Gasteiger partial charge in [-0.2, -0.15) is 0 Å². The summed E-state index contributed by atoms with van der Waals surface area (Å²) >= 11 is 0. The largest absolute Gasteiger partial charge is 0.394 e. The molecule has 1 saturated heterocycles. The van der Waals surface area contributed by atoms with Crippen LogP contribution in [0.25, 0.3) is 0 Å². The van der Waals surface area contributed by atoms with Gasteiger partial charge < -0.3 is 33.9 Å². The smallest absolute Gasteiger partial charge is 0.110 e. The minimum atomic E-state index is 0.0349. The van der Waals surface area contributed by atoms with Gasteiger partial charge in [0.1, 0.15) is 12.2 Å². The molecule has 7 nitrogen and oxygen atoms in total. The molecule has 0 aliphatic carbocycles. The average molecular weight is 280 g/mol. The highest BCUT2D eigenvalue weighted by molar-refractivity contribution is 4.84. The van der Waals surface area contributed by atoms with E-state index in [1.165, 1.54) is 0 Å². The van der Waals surface area contributed by atoms with E-state index in [0.717, 1.165) is 0 Å². The van der Waals surface area contributed by atoms with E-state index >= 15 is 0 Å². The van der Waals surface area contributed by atoms with Crippen LogP contribution in [0.5, 0.6) is 0 Å². The highest BCUT2D eigenvalue weighted by Crippen LogP contribution is 2.22. The van der Waals surface area contributed by atoms with E-state index in [-0.39, 0.29) is 25.4 Å². The summed E-state index contributed by atoms with van der Waals surface area (Å²) in [5.41, 5.74) is 0. The van der Waals surface area contributed by atoms with Gasteiger partial charge in [-0.05, 0) is 0 Å². The first-order valence-corrected chi connectivity index (χ1v) is 6.56. The summed E-state index contributed by atoms with van der Waals surface area (Å²) in [7, 11) is 0. The average Bonchev–Trinajstić information content (AvgIpc) is 3.16. The molecule has 2 unspecified atom stereocenters. The quantitative estimate of drug-likeness (QED) is 0.305. The molecule has 0 spiro atoms. The second-order valence-electron chi connectivity index (χ2n) is 4.03. The Morgan fingerprint density at radius 3 is 1.47 bits per heavy atom. The molecule has 0 radical (unpaired) electrons. The Morgan fingerprint density at radius 2 is 1.05 bits per heavy atom. The number of ether oxygens (including phenoxy) is 5. The molecule has 114 valence electrons. The van der Waals surface area contributed by atoms with Gasteiger partial charge in [0, 0.05) is 0 Å². The van der Waals surface area contributed by atoms with Crippen LogP contribution in [0.1, 0.15) is 0 Å². The second kappa shape index (κ2) is 11.5. The van der Waals surface area contributed by atoms with Gasteiger partial charge in [-0.15, -0.1) is 0 Å². The number of hydrogen-bond donors (Lipinski definition) is 2. The lowest BCUT2D eigenvalue weighted by molar-refractivity contribution is 0.0278. The van der Waals surface area contributed by atoms with Gasteiger partial charge in [0.15, 0.2) is 0 Å². The van der Waals surface area contributed by atoms with Crippen molar-refractivity contribution < 1.29 is 33.9 Å². The molecule has 0 aromatic rings. The first-order chi connectivity index (χ1) is 9.38. The maximum Gasteiger partial charge on any atom is 0.110 e. The minimum absolute atomic E-state index is 0.0349. The van der Waals surface area contributed by atoms with Crippen LogP contribution in [0.3, 0.4) is 0 Å². The molecule has 1 aliphatic rings. The molecule has 0 aromatic heterocycles. The van der Waals surface area contributed by atoms with Gasteiger partial charge in [0.2, 0.25) is 0 Å². The van der Waals surface area contributed by atoms with Gasteiger partial charge >= 0.3 is 0 Å². The van der Waals surface area contributed by atoms with Crippen LogP contribution in [0.2, 0.25) is 0 Å². The van der Waals surface area contributed by atoms with E-state index in [4.69, 9.17) is 33.9 Å². The Kier molecular flexibility index (Phi) is 10.2. The van der Waals surface area contributed by atoms with Crippen molar-refractivity contribution in [2.45, 2.75) is 12.2 Å². The van der Waals surface area contributed by atoms with E-state index in [9.17, 15) is 0 Å². The van der Waals surface area contributed by atoms with Crippen LogP contribution >= 0.6 is 0 Å². The van der Waals surface area contributed by atoms with Gasteiger partial charge in [0.25, 0.3) is 0 Å². The topological polar surface area (TPSA) is 89.9 Å². The Balaban J connectivity index is 1.76. The molecule has 0 aromatic carbocycles. The van der Waals surface area contributed by atoms with Crippen molar-refractivity contribution in [3.63, 3.8) is 0 Å². The van der Waals surface area contributed by atoms with Crippen LogP contribution in [-0.2, 0) is 23.7 Å². The summed E-state index contributed by atoms with van der Waals surface area (Å²) in [5, 5.41) is 17.0. The Hall–Kier alpha value is -0.280. The molecule has 2 N–H and O–H groups in total. The van der Waals surface area contributed by atoms with Crippen molar-refractivity contribution in [1.82, 2.24) is 0 Å². The van der Waals surface area contributed by atoms with Crippen molar-refractivity contribution in [3.05, 3.63) is 0 Å². The molecule has 0 amide bonds. The zero-order chi connectivity index (χ0) is 13.8. The van der Waals surface area contributed by atoms with Crippen molar-refractivity contribution in [2.75, 3.05) is 66.1 Å². The molecule has 7 heteroatoms. The Morgan fingerprint density at radius 1 is 0.632 bits per heavy atom. The normalized spacial score (nSPS) is 21.8. The molecule has 1 rings (SSSR count). The Bertz CT molecular complexity index is 183. The van der Waals surface area contributed by atoms with Gasteiger partial charge in [-0.25, -0.2) is 0 Å². The van der Waals surface area contributed by atoms with E-state index in [1.807, 2.05) is 0 Å². The first kappa shape index (κ1) is 16.8. The predicted molar refractivity (Wildman–Crippen MR) is 66.1 cm³/mol. The highest BCUT2D eigenvalue weighted by Gasteiger charge is 2.38. The van der Waals surface area contributed by atoms with Gasteiger partial charge in [0.05, 0.1) is 66.1 Å². The SMILES string of the molecule is OCCOCCOCC1OC1COCCOCCO. The van der Waals surface area contributed by atoms with Crippen molar-refractivity contribution in [2.24, 2.45) is 0 Å². The summed E-state index contributed by atoms with van der Waals surface area (Å²) in [6, 6.07) is 0. The molecular formula is C12H24O7. The zero-order valence-corrected chi connectivity index (χ0v) is 11.2. The zero-order valence-electron chi connectivity index (χ0n) is 11.2. The summed E-state index contributed by atoms with van der Waals surface area (Å²) in [5.74, 6) is 0. The second-order valence-corrected chi connectivity index (χ2v) is 4.03. The van der Waals surface area contributed by atoms with E-state index in [2.05, 4.69) is 0 Å². The fraction of sp³-hybridized carbons (Fsp3) is 1.00.